The minimum absolute atomic E-state index is 1.12. The molecule has 0 nitrogen and oxygen atoms in total. The van der Waals surface area contributed by atoms with Crippen molar-refractivity contribution in [3.8, 4) is 11.5 Å². The third-order valence-electron chi connectivity index (χ3n) is 2.68. The van der Waals surface area contributed by atoms with Gasteiger partial charge in [0.2, 0.25) is 0 Å². The first-order chi connectivity index (χ1) is 10.4. The molecule has 0 unspecified atom stereocenters. The van der Waals surface area contributed by atoms with Crippen LogP contribution in [0.5, 0.6) is 0 Å². The monoisotopic (exact) mass is 380 g/mol. The molecule has 0 amide bonds. The lowest BCUT2D eigenvalue weighted by Gasteiger charge is -2.03. The average Bonchev–Trinajstić information content (AvgIpc) is 2.87. The van der Waals surface area contributed by atoms with E-state index < -0.39 is 8.07 Å². The second kappa shape index (κ2) is 8.12. The molecule has 116 valence electrons. The molecule has 1 aromatic rings. The third-order valence-corrected chi connectivity index (χ3v) is 8.64. The molecule has 0 atom stereocenters. The lowest BCUT2D eigenvalue weighted by molar-refractivity contribution is 1.61. The molecular formula is C17H20S4Si. The molecule has 1 aromatic carbocycles. The summed E-state index contributed by atoms with van der Waals surface area (Å²) in [5.74, 6) is 3.34. The van der Waals surface area contributed by atoms with E-state index in [0.717, 1.165) is 5.56 Å². The molecule has 0 saturated heterocycles. The Morgan fingerprint density at radius 3 is 2.23 bits per heavy atom. The Kier molecular flexibility index (Phi) is 6.72. The van der Waals surface area contributed by atoms with Gasteiger partial charge in [-0.15, -0.1) is 29.1 Å². The Balaban J connectivity index is 2.18. The highest BCUT2D eigenvalue weighted by atomic mass is 32.3. The number of hydrogen-bond acceptors (Lipinski definition) is 4. The number of thioether (sulfide) groups is 4. The first kappa shape index (κ1) is 18.2. The van der Waals surface area contributed by atoms with Gasteiger partial charge in [-0.2, -0.15) is 0 Å². The second-order valence-corrected chi connectivity index (χ2v) is 15.0. The molecule has 0 radical (unpaired) electrons. The van der Waals surface area contributed by atoms with Crippen molar-refractivity contribution in [1.82, 2.24) is 0 Å². The second-order valence-electron chi connectivity index (χ2n) is 5.78. The zero-order valence-electron chi connectivity index (χ0n) is 13.5. The predicted molar refractivity (Wildman–Crippen MR) is 114 cm³/mol. The van der Waals surface area contributed by atoms with E-state index in [0.29, 0.717) is 0 Å². The van der Waals surface area contributed by atoms with Gasteiger partial charge in [0.15, 0.2) is 0 Å². The summed E-state index contributed by atoms with van der Waals surface area (Å²) in [6.07, 6.45) is 6.57. The van der Waals surface area contributed by atoms with E-state index in [9.17, 15) is 0 Å². The van der Waals surface area contributed by atoms with Gasteiger partial charge in [0.05, 0.1) is 12.7 Å². The van der Waals surface area contributed by atoms with Crippen molar-refractivity contribution in [1.29, 1.82) is 0 Å². The standard InChI is InChI=1S/C17H20S4Si/c1-18-16-17(19-2)21-15(20-16)12-14-8-6-7-13(11-14)9-10-22(3,4)5/h6-8,11-12H,1-5H3. The van der Waals surface area contributed by atoms with Gasteiger partial charge < -0.3 is 0 Å². The van der Waals surface area contributed by atoms with Crippen LogP contribution < -0.4 is 0 Å². The van der Waals surface area contributed by atoms with E-state index in [2.05, 4.69) is 74.0 Å². The topological polar surface area (TPSA) is 0 Å². The molecule has 1 aliphatic rings. The average molecular weight is 381 g/mol. The van der Waals surface area contributed by atoms with E-state index >= 15 is 0 Å². The molecule has 1 heterocycles. The van der Waals surface area contributed by atoms with Gasteiger partial charge in [-0.1, -0.05) is 61.2 Å². The van der Waals surface area contributed by atoms with Gasteiger partial charge >= 0.3 is 0 Å². The van der Waals surface area contributed by atoms with Crippen molar-refractivity contribution >= 4 is 61.2 Å². The molecule has 0 spiro atoms. The Bertz CT molecular complexity index is 654. The highest BCUT2D eigenvalue weighted by Crippen LogP contribution is 2.56. The maximum Gasteiger partial charge on any atom is 0.129 e. The van der Waals surface area contributed by atoms with Crippen LogP contribution in [0.4, 0.5) is 0 Å². The van der Waals surface area contributed by atoms with Crippen molar-refractivity contribution in [2.45, 2.75) is 19.6 Å². The van der Waals surface area contributed by atoms with Crippen LogP contribution in [0.2, 0.25) is 19.6 Å². The van der Waals surface area contributed by atoms with Crippen LogP contribution in [0.25, 0.3) is 6.08 Å². The largest absolute Gasteiger partial charge is 0.129 e. The number of hydrogen-bond donors (Lipinski definition) is 0. The van der Waals surface area contributed by atoms with Crippen molar-refractivity contribution < 1.29 is 0 Å². The van der Waals surface area contributed by atoms with Crippen LogP contribution in [0, 0.1) is 11.5 Å². The highest BCUT2D eigenvalue weighted by molar-refractivity contribution is 8.40. The van der Waals surface area contributed by atoms with Crippen LogP contribution in [-0.2, 0) is 0 Å². The summed E-state index contributed by atoms with van der Waals surface area (Å²) < 4.78 is 4.18. The Labute approximate surface area is 152 Å². The molecule has 0 aromatic heterocycles. The quantitative estimate of drug-likeness (QED) is 0.430. The summed E-state index contributed by atoms with van der Waals surface area (Å²) in [5, 5.41) is 0. The molecule has 22 heavy (non-hydrogen) atoms. The molecule has 2 rings (SSSR count). The summed E-state index contributed by atoms with van der Waals surface area (Å²) in [5.41, 5.74) is 5.79. The van der Waals surface area contributed by atoms with Gasteiger partial charge in [-0.25, -0.2) is 0 Å². The maximum absolute atomic E-state index is 3.43. The summed E-state index contributed by atoms with van der Waals surface area (Å²) in [4.78, 5) is 0. The van der Waals surface area contributed by atoms with Crippen LogP contribution in [-0.4, -0.2) is 20.6 Å². The Morgan fingerprint density at radius 1 is 1.05 bits per heavy atom. The van der Waals surface area contributed by atoms with Crippen LogP contribution in [0.15, 0.2) is 37.0 Å². The minimum Gasteiger partial charge on any atom is -0.127 e. The van der Waals surface area contributed by atoms with Crippen molar-refractivity contribution in [3.05, 3.63) is 48.1 Å². The van der Waals surface area contributed by atoms with Crippen LogP contribution in [0.1, 0.15) is 11.1 Å². The fourth-order valence-corrected chi connectivity index (χ4v) is 7.16. The van der Waals surface area contributed by atoms with Crippen molar-refractivity contribution in [2.24, 2.45) is 0 Å². The molecule has 1 aliphatic heterocycles. The highest BCUT2D eigenvalue weighted by Gasteiger charge is 2.19. The van der Waals surface area contributed by atoms with Gasteiger partial charge in [0, 0.05) is 5.56 Å². The summed E-state index contributed by atoms with van der Waals surface area (Å²) >= 11 is 7.43. The fourth-order valence-electron chi connectivity index (χ4n) is 1.70. The van der Waals surface area contributed by atoms with Gasteiger partial charge in [-0.3, -0.25) is 0 Å². The summed E-state index contributed by atoms with van der Waals surface area (Å²) in [7, 11) is -1.32. The zero-order valence-corrected chi connectivity index (χ0v) is 17.8. The minimum atomic E-state index is -1.32. The van der Waals surface area contributed by atoms with Crippen molar-refractivity contribution in [3.63, 3.8) is 0 Å². The predicted octanol–water partition coefficient (Wildman–Crippen LogP) is 6.55. The number of benzene rings is 1. The third kappa shape index (κ3) is 5.50. The molecule has 0 N–H and O–H groups in total. The molecule has 0 aliphatic carbocycles. The first-order valence-corrected chi connectivity index (χ1v) is 14.5. The lowest BCUT2D eigenvalue weighted by atomic mass is 10.1. The maximum atomic E-state index is 3.43. The molecule has 0 bridgehead atoms. The Morgan fingerprint density at radius 2 is 1.68 bits per heavy atom. The SMILES string of the molecule is CSC1=C(SC)SC(=Cc2cccc(C#C[Si](C)(C)C)c2)S1. The summed E-state index contributed by atoms with van der Waals surface area (Å²) in [6, 6.07) is 8.55. The Hall–Kier alpha value is -0.123. The normalized spacial score (nSPS) is 14.9. The van der Waals surface area contributed by atoms with Gasteiger partial charge in [0.1, 0.15) is 8.07 Å². The van der Waals surface area contributed by atoms with Gasteiger partial charge in [-0.05, 0) is 36.3 Å². The zero-order chi connectivity index (χ0) is 16.2. The van der Waals surface area contributed by atoms with Crippen LogP contribution >= 0.6 is 47.0 Å². The lowest BCUT2D eigenvalue weighted by Crippen LogP contribution is -2.16. The fraction of sp³-hybridized carbons (Fsp3) is 0.294. The van der Waals surface area contributed by atoms with E-state index in [1.807, 2.05) is 47.0 Å². The molecule has 0 fully saturated rings. The van der Waals surface area contributed by atoms with E-state index in [1.54, 1.807) is 0 Å². The van der Waals surface area contributed by atoms with Gasteiger partial charge in [0.25, 0.3) is 0 Å². The van der Waals surface area contributed by atoms with E-state index in [-0.39, 0.29) is 0 Å². The van der Waals surface area contributed by atoms with Crippen LogP contribution in [0.3, 0.4) is 0 Å². The smallest absolute Gasteiger partial charge is 0.127 e. The van der Waals surface area contributed by atoms with E-state index in [1.165, 1.54) is 18.3 Å². The van der Waals surface area contributed by atoms with E-state index in [4.69, 9.17) is 0 Å². The molecular weight excluding hydrogens is 361 g/mol. The first-order valence-electron chi connectivity index (χ1n) is 6.94. The summed E-state index contributed by atoms with van der Waals surface area (Å²) in [6.45, 7) is 6.82. The molecule has 0 saturated carbocycles. The number of rotatable bonds is 3. The molecule has 5 heteroatoms. The van der Waals surface area contributed by atoms with Crippen molar-refractivity contribution in [2.75, 3.05) is 12.5 Å².